The minimum atomic E-state index is -1.02. The van der Waals surface area contributed by atoms with Crippen molar-refractivity contribution in [1.82, 2.24) is 4.90 Å². The van der Waals surface area contributed by atoms with Crippen LogP contribution in [0, 0.1) is 11.7 Å². The van der Waals surface area contributed by atoms with Crippen LogP contribution in [0.1, 0.15) is 20.3 Å². The number of amides is 2. The van der Waals surface area contributed by atoms with E-state index in [1.807, 2.05) is 6.92 Å². The second kappa shape index (κ2) is 6.11. The number of benzene rings is 1. The number of likely N-dealkylation sites (tertiary alicyclic amines) is 1. The standard InChI is InChI=1S/C15H19FN2O3/c1-3-17(12-7-5-4-6-11(12)16)15(21)18-9-8-10(2)13(18)14(19)20/h4-7,10,13H,3,8-9H2,1-2H3,(H,19,20). The van der Waals surface area contributed by atoms with Crippen LogP contribution in [-0.4, -0.2) is 41.1 Å². The van der Waals surface area contributed by atoms with E-state index in [1.165, 1.54) is 21.9 Å². The number of rotatable bonds is 3. The second-order valence-electron chi connectivity index (χ2n) is 5.22. The molecule has 1 aromatic rings. The molecule has 0 spiro atoms. The molecule has 0 aromatic heterocycles. The monoisotopic (exact) mass is 294 g/mol. The maximum absolute atomic E-state index is 13.9. The van der Waals surface area contributed by atoms with Gasteiger partial charge >= 0.3 is 12.0 Å². The highest BCUT2D eigenvalue weighted by Crippen LogP contribution is 2.28. The molecule has 1 heterocycles. The molecule has 1 aliphatic rings. The number of carboxylic acids is 1. The molecule has 0 aliphatic carbocycles. The molecule has 2 rings (SSSR count). The van der Waals surface area contributed by atoms with Crippen LogP contribution in [0.3, 0.4) is 0 Å². The van der Waals surface area contributed by atoms with Gasteiger partial charge in [0.25, 0.3) is 0 Å². The molecule has 114 valence electrons. The van der Waals surface area contributed by atoms with E-state index in [1.54, 1.807) is 19.1 Å². The Morgan fingerprint density at radius 1 is 1.43 bits per heavy atom. The van der Waals surface area contributed by atoms with Gasteiger partial charge in [-0.1, -0.05) is 19.1 Å². The van der Waals surface area contributed by atoms with E-state index >= 15 is 0 Å². The zero-order valence-corrected chi connectivity index (χ0v) is 12.1. The number of carbonyl (C=O) groups excluding carboxylic acids is 1. The van der Waals surface area contributed by atoms with Gasteiger partial charge in [-0.05, 0) is 31.4 Å². The highest BCUT2D eigenvalue weighted by atomic mass is 19.1. The van der Waals surface area contributed by atoms with Gasteiger partial charge in [-0.3, -0.25) is 4.90 Å². The third-order valence-corrected chi connectivity index (χ3v) is 3.89. The zero-order chi connectivity index (χ0) is 15.6. The number of urea groups is 1. The van der Waals surface area contributed by atoms with Crippen LogP contribution in [-0.2, 0) is 4.79 Å². The summed E-state index contributed by atoms with van der Waals surface area (Å²) in [5.41, 5.74) is 0.175. The number of carbonyl (C=O) groups is 2. The van der Waals surface area contributed by atoms with E-state index in [2.05, 4.69) is 0 Å². The molecular weight excluding hydrogens is 275 g/mol. The Balaban J connectivity index is 2.29. The van der Waals surface area contributed by atoms with Crippen molar-refractivity contribution in [3.8, 4) is 0 Å². The van der Waals surface area contributed by atoms with Crippen LogP contribution >= 0.6 is 0 Å². The Kier molecular flexibility index (Phi) is 4.45. The smallest absolute Gasteiger partial charge is 0.326 e. The number of halogens is 1. The lowest BCUT2D eigenvalue weighted by atomic mass is 10.0. The molecule has 5 nitrogen and oxygen atoms in total. The molecular formula is C15H19FN2O3. The Bertz CT molecular complexity index is 549. The van der Waals surface area contributed by atoms with Crippen molar-refractivity contribution in [1.29, 1.82) is 0 Å². The molecule has 1 aliphatic heterocycles. The molecule has 2 unspecified atom stereocenters. The topological polar surface area (TPSA) is 60.9 Å². The summed E-state index contributed by atoms with van der Waals surface area (Å²) in [6.07, 6.45) is 0.636. The lowest BCUT2D eigenvalue weighted by Gasteiger charge is -2.30. The van der Waals surface area contributed by atoms with E-state index < -0.39 is 23.9 Å². The van der Waals surface area contributed by atoms with Crippen molar-refractivity contribution in [2.75, 3.05) is 18.0 Å². The fraction of sp³-hybridized carbons (Fsp3) is 0.467. The van der Waals surface area contributed by atoms with E-state index in [4.69, 9.17) is 0 Å². The van der Waals surface area contributed by atoms with Crippen LogP contribution in [0.15, 0.2) is 24.3 Å². The van der Waals surface area contributed by atoms with Gasteiger partial charge in [-0.15, -0.1) is 0 Å². The number of carboxylic acid groups (broad SMARTS) is 1. The fourth-order valence-electron chi connectivity index (χ4n) is 2.77. The van der Waals surface area contributed by atoms with Gasteiger partial charge in [0, 0.05) is 13.1 Å². The molecule has 0 bridgehead atoms. The highest BCUT2D eigenvalue weighted by Gasteiger charge is 2.41. The van der Waals surface area contributed by atoms with Crippen molar-refractivity contribution in [3.05, 3.63) is 30.1 Å². The SMILES string of the molecule is CCN(C(=O)N1CCC(C)C1C(=O)O)c1ccccc1F. The highest BCUT2D eigenvalue weighted by molar-refractivity contribution is 5.95. The largest absolute Gasteiger partial charge is 0.480 e. The van der Waals surface area contributed by atoms with Gasteiger partial charge in [-0.2, -0.15) is 0 Å². The summed E-state index contributed by atoms with van der Waals surface area (Å²) in [5.74, 6) is -1.62. The summed E-state index contributed by atoms with van der Waals surface area (Å²) < 4.78 is 13.9. The summed E-state index contributed by atoms with van der Waals surface area (Å²) in [7, 11) is 0. The maximum atomic E-state index is 13.9. The average molecular weight is 294 g/mol. The first kappa shape index (κ1) is 15.3. The Morgan fingerprint density at radius 2 is 2.10 bits per heavy atom. The molecule has 0 saturated carbocycles. The van der Waals surface area contributed by atoms with Gasteiger partial charge in [0.1, 0.15) is 11.9 Å². The zero-order valence-electron chi connectivity index (χ0n) is 12.1. The molecule has 1 aromatic carbocycles. The van der Waals surface area contributed by atoms with E-state index in [-0.39, 0.29) is 18.2 Å². The molecule has 21 heavy (non-hydrogen) atoms. The van der Waals surface area contributed by atoms with Crippen molar-refractivity contribution in [2.45, 2.75) is 26.3 Å². The van der Waals surface area contributed by atoms with Gasteiger partial charge in [-0.25, -0.2) is 14.0 Å². The summed E-state index contributed by atoms with van der Waals surface area (Å²) in [4.78, 5) is 26.6. The molecule has 0 radical (unpaired) electrons. The Morgan fingerprint density at radius 3 is 2.67 bits per heavy atom. The van der Waals surface area contributed by atoms with Crippen LogP contribution in [0.4, 0.5) is 14.9 Å². The predicted octanol–water partition coefficient (Wildman–Crippen LogP) is 2.57. The number of nitrogens with zero attached hydrogens (tertiary/aromatic N) is 2. The molecule has 6 heteroatoms. The first-order chi connectivity index (χ1) is 9.97. The summed E-state index contributed by atoms with van der Waals surface area (Å²) in [6.45, 7) is 4.20. The lowest BCUT2D eigenvalue weighted by molar-refractivity contribution is -0.142. The summed E-state index contributed by atoms with van der Waals surface area (Å²) in [6, 6.07) is 4.70. The molecule has 1 N–H and O–H groups in total. The Labute approximate surface area is 123 Å². The minimum Gasteiger partial charge on any atom is -0.480 e. The number of para-hydroxylation sites is 1. The third kappa shape index (κ3) is 2.84. The minimum absolute atomic E-state index is 0.106. The van der Waals surface area contributed by atoms with Gasteiger partial charge < -0.3 is 10.0 Å². The molecule has 1 fully saturated rings. The van der Waals surface area contributed by atoms with Gasteiger partial charge in [0.15, 0.2) is 0 Å². The lowest BCUT2D eigenvalue weighted by Crippen LogP contribution is -2.49. The average Bonchev–Trinajstić information content (AvgIpc) is 2.83. The van der Waals surface area contributed by atoms with Gasteiger partial charge in [0.05, 0.1) is 5.69 Å². The van der Waals surface area contributed by atoms with E-state index in [0.29, 0.717) is 13.0 Å². The van der Waals surface area contributed by atoms with Crippen molar-refractivity contribution in [2.24, 2.45) is 5.92 Å². The van der Waals surface area contributed by atoms with Crippen LogP contribution in [0.25, 0.3) is 0 Å². The maximum Gasteiger partial charge on any atom is 0.326 e. The summed E-state index contributed by atoms with van der Waals surface area (Å²) in [5, 5.41) is 9.30. The Hall–Kier alpha value is -2.11. The molecule has 2 amide bonds. The first-order valence-electron chi connectivity index (χ1n) is 7.02. The fourth-order valence-corrected chi connectivity index (χ4v) is 2.77. The van der Waals surface area contributed by atoms with Crippen molar-refractivity contribution in [3.63, 3.8) is 0 Å². The second-order valence-corrected chi connectivity index (χ2v) is 5.22. The third-order valence-electron chi connectivity index (χ3n) is 3.89. The van der Waals surface area contributed by atoms with E-state index in [9.17, 15) is 19.1 Å². The number of aliphatic carboxylic acids is 1. The first-order valence-corrected chi connectivity index (χ1v) is 7.02. The van der Waals surface area contributed by atoms with Gasteiger partial charge in [0.2, 0.25) is 0 Å². The number of hydrogen-bond acceptors (Lipinski definition) is 2. The molecule has 1 saturated heterocycles. The van der Waals surface area contributed by atoms with Crippen molar-refractivity contribution >= 4 is 17.7 Å². The van der Waals surface area contributed by atoms with E-state index in [0.717, 1.165) is 0 Å². The summed E-state index contributed by atoms with van der Waals surface area (Å²) >= 11 is 0. The van der Waals surface area contributed by atoms with Crippen LogP contribution < -0.4 is 4.90 Å². The molecule has 2 atom stereocenters. The number of anilines is 1. The number of hydrogen-bond donors (Lipinski definition) is 1. The van der Waals surface area contributed by atoms with Crippen LogP contribution in [0.5, 0.6) is 0 Å². The predicted molar refractivity (Wildman–Crippen MR) is 76.7 cm³/mol. The van der Waals surface area contributed by atoms with Crippen molar-refractivity contribution < 1.29 is 19.1 Å². The normalized spacial score (nSPS) is 21.4. The van der Waals surface area contributed by atoms with Crippen LogP contribution in [0.2, 0.25) is 0 Å². The quantitative estimate of drug-likeness (QED) is 0.932.